The number of rotatable bonds is 9. The van der Waals surface area contributed by atoms with E-state index in [1.165, 1.54) is 0 Å². The summed E-state index contributed by atoms with van der Waals surface area (Å²) >= 11 is 0. The maximum Gasteiger partial charge on any atom is 0.256 e. The Labute approximate surface area is 161 Å². The zero-order valence-corrected chi connectivity index (χ0v) is 16.9. The summed E-state index contributed by atoms with van der Waals surface area (Å²) in [6, 6.07) is 1.88. The standard InChI is InChI=1S/C19H30N6O2/c1-13(22-19-23-14(2)10-17(20-3)24-19)9-16(18(21-4)26-6)27-12-15-7-8-25(5)11-15/h9-10,15H,4,7-8,11-12H2,1-3,5-6H3,(H2,20,22,23,24)/b13-9+,18-16-/t15-/m1/s1. The second kappa shape index (κ2) is 9.91. The van der Waals surface area contributed by atoms with Crippen LogP contribution < -0.4 is 10.6 Å². The highest BCUT2D eigenvalue weighted by Gasteiger charge is 2.21. The van der Waals surface area contributed by atoms with E-state index in [1.807, 2.05) is 33.0 Å². The third-order valence-corrected chi connectivity index (χ3v) is 4.28. The Morgan fingerprint density at radius 2 is 2.26 bits per heavy atom. The Balaban J connectivity index is 2.13. The van der Waals surface area contributed by atoms with Crippen molar-refractivity contribution in [3.05, 3.63) is 35.2 Å². The lowest BCUT2D eigenvalue weighted by atomic mass is 10.1. The maximum atomic E-state index is 6.02. The largest absolute Gasteiger partial charge is 0.488 e. The number of nitrogens with one attached hydrogen (secondary N) is 2. The van der Waals surface area contributed by atoms with E-state index in [4.69, 9.17) is 9.47 Å². The smallest absolute Gasteiger partial charge is 0.256 e. The Kier molecular flexibility index (Phi) is 7.60. The van der Waals surface area contributed by atoms with Gasteiger partial charge in [-0.3, -0.25) is 0 Å². The van der Waals surface area contributed by atoms with Gasteiger partial charge >= 0.3 is 0 Å². The molecule has 1 atom stereocenters. The highest BCUT2D eigenvalue weighted by Crippen LogP contribution is 2.19. The van der Waals surface area contributed by atoms with Gasteiger partial charge in [0.2, 0.25) is 5.95 Å². The zero-order valence-electron chi connectivity index (χ0n) is 16.9. The third-order valence-electron chi connectivity index (χ3n) is 4.28. The second-order valence-electron chi connectivity index (χ2n) is 6.68. The molecule has 1 aliphatic rings. The second-order valence-corrected chi connectivity index (χ2v) is 6.68. The van der Waals surface area contributed by atoms with Crippen LogP contribution in [0.1, 0.15) is 19.0 Å². The third kappa shape index (κ3) is 6.25. The van der Waals surface area contributed by atoms with Gasteiger partial charge in [0.15, 0.2) is 5.76 Å². The van der Waals surface area contributed by atoms with Crippen LogP contribution in [0, 0.1) is 12.8 Å². The van der Waals surface area contributed by atoms with Crippen molar-refractivity contribution in [2.45, 2.75) is 20.3 Å². The van der Waals surface area contributed by atoms with E-state index in [0.717, 1.165) is 36.7 Å². The monoisotopic (exact) mass is 374 g/mol. The first-order valence-electron chi connectivity index (χ1n) is 9.00. The van der Waals surface area contributed by atoms with Crippen molar-refractivity contribution >= 4 is 18.5 Å². The van der Waals surface area contributed by atoms with Gasteiger partial charge in [-0.15, -0.1) is 0 Å². The molecule has 1 aliphatic heterocycles. The van der Waals surface area contributed by atoms with Gasteiger partial charge in [-0.05, 0) is 40.6 Å². The number of aryl methyl sites for hydroxylation is 1. The molecule has 0 aliphatic carbocycles. The molecule has 0 saturated carbocycles. The van der Waals surface area contributed by atoms with Crippen molar-refractivity contribution in [1.82, 2.24) is 14.9 Å². The average molecular weight is 374 g/mol. The minimum atomic E-state index is 0.351. The summed E-state index contributed by atoms with van der Waals surface area (Å²) in [7, 11) is 5.50. The fourth-order valence-corrected chi connectivity index (χ4v) is 2.94. The van der Waals surface area contributed by atoms with E-state index >= 15 is 0 Å². The van der Waals surface area contributed by atoms with Crippen LogP contribution in [0.3, 0.4) is 0 Å². The lowest BCUT2D eigenvalue weighted by Crippen LogP contribution is -2.17. The molecule has 27 heavy (non-hydrogen) atoms. The number of hydrogen-bond acceptors (Lipinski definition) is 8. The minimum Gasteiger partial charge on any atom is -0.488 e. The van der Waals surface area contributed by atoms with E-state index in [2.05, 4.69) is 44.3 Å². The SMILES string of the molecule is C=N/C(OC)=C(\C=C(/C)Nc1nc(C)cc(NC)n1)OC[C@@H]1CCN(C)C1. The fraction of sp³-hybridized carbons (Fsp3) is 0.526. The van der Waals surface area contributed by atoms with Crippen LogP contribution in [-0.4, -0.2) is 62.5 Å². The topological polar surface area (TPSA) is 83.9 Å². The number of methoxy groups -OCH3 is 1. The van der Waals surface area contributed by atoms with Gasteiger partial charge in [0.05, 0.1) is 13.7 Å². The lowest BCUT2D eigenvalue weighted by Gasteiger charge is -2.15. The van der Waals surface area contributed by atoms with E-state index in [1.54, 1.807) is 7.11 Å². The Morgan fingerprint density at radius 1 is 1.48 bits per heavy atom. The number of allylic oxidation sites excluding steroid dienone is 2. The Bertz CT molecular complexity index is 716. The van der Waals surface area contributed by atoms with Crippen LogP contribution >= 0.6 is 0 Å². The molecule has 148 valence electrons. The van der Waals surface area contributed by atoms with Crippen LogP contribution in [0.2, 0.25) is 0 Å². The van der Waals surface area contributed by atoms with E-state index in [0.29, 0.717) is 30.1 Å². The highest BCUT2D eigenvalue weighted by atomic mass is 16.5. The molecule has 0 unspecified atom stereocenters. The molecule has 0 radical (unpaired) electrons. The average Bonchev–Trinajstić information content (AvgIpc) is 3.05. The van der Waals surface area contributed by atoms with Crippen LogP contribution in [0.25, 0.3) is 0 Å². The van der Waals surface area contributed by atoms with Crippen molar-refractivity contribution in [2.75, 3.05) is 51.5 Å². The number of aliphatic imine (C=N–C) groups is 1. The minimum absolute atomic E-state index is 0.351. The van der Waals surface area contributed by atoms with Crippen molar-refractivity contribution in [1.29, 1.82) is 0 Å². The number of anilines is 2. The number of likely N-dealkylation sites (tertiary alicyclic amines) is 1. The summed E-state index contributed by atoms with van der Waals surface area (Å²) in [5.41, 5.74) is 1.67. The van der Waals surface area contributed by atoms with Crippen LogP contribution in [0.5, 0.6) is 0 Å². The van der Waals surface area contributed by atoms with Crippen LogP contribution in [0.4, 0.5) is 11.8 Å². The molecule has 1 saturated heterocycles. The molecule has 0 amide bonds. The van der Waals surface area contributed by atoms with Gasteiger partial charge in [-0.25, -0.2) is 9.98 Å². The Hall–Kier alpha value is -2.61. The normalized spacial score (nSPS) is 18.7. The van der Waals surface area contributed by atoms with Crippen molar-refractivity contribution in [3.8, 4) is 0 Å². The summed E-state index contributed by atoms with van der Waals surface area (Å²) in [5, 5.41) is 6.21. The van der Waals surface area contributed by atoms with E-state index in [9.17, 15) is 0 Å². The first-order valence-corrected chi connectivity index (χ1v) is 9.00. The van der Waals surface area contributed by atoms with Crippen LogP contribution in [0.15, 0.2) is 34.5 Å². The molecule has 0 bridgehead atoms. The van der Waals surface area contributed by atoms with Crippen molar-refractivity contribution < 1.29 is 9.47 Å². The molecular weight excluding hydrogens is 344 g/mol. The molecule has 2 heterocycles. The van der Waals surface area contributed by atoms with Gasteiger partial charge in [-0.1, -0.05) is 0 Å². The first kappa shape index (κ1) is 20.7. The van der Waals surface area contributed by atoms with Gasteiger partial charge in [0, 0.05) is 43.0 Å². The van der Waals surface area contributed by atoms with Gasteiger partial charge in [0.25, 0.3) is 5.88 Å². The molecule has 0 spiro atoms. The predicted octanol–water partition coefficient (Wildman–Crippen LogP) is 2.63. The molecule has 1 fully saturated rings. The molecule has 1 aromatic heterocycles. The number of nitrogens with zero attached hydrogens (tertiary/aromatic N) is 4. The highest BCUT2D eigenvalue weighted by molar-refractivity contribution is 5.45. The van der Waals surface area contributed by atoms with Crippen molar-refractivity contribution in [2.24, 2.45) is 10.9 Å². The van der Waals surface area contributed by atoms with Crippen molar-refractivity contribution in [3.63, 3.8) is 0 Å². The summed E-state index contributed by atoms with van der Waals surface area (Å²) in [4.78, 5) is 15.0. The fourth-order valence-electron chi connectivity index (χ4n) is 2.94. The quantitative estimate of drug-likeness (QED) is 0.390. The number of aromatic nitrogens is 2. The maximum absolute atomic E-state index is 6.02. The molecular formula is C19H30N6O2. The molecule has 2 N–H and O–H groups in total. The summed E-state index contributed by atoms with van der Waals surface area (Å²) in [5.74, 6) is 2.64. The number of hydrogen-bond donors (Lipinski definition) is 2. The van der Waals surface area contributed by atoms with E-state index < -0.39 is 0 Å². The summed E-state index contributed by atoms with van der Waals surface area (Å²) in [6.07, 6.45) is 2.95. The Morgan fingerprint density at radius 3 is 2.85 bits per heavy atom. The van der Waals surface area contributed by atoms with E-state index in [-0.39, 0.29) is 0 Å². The number of ether oxygens (including phenoxy) is 2. The zero-order chi connectivity index (χ0) is 19.8. The molecule has 0 aromatic carbocycles. The molecule has 1 aromatic rings. The molecule has 8 heteroatoms. The molecule has 2 rings (SSSR count). The van der Waals surface area contributed by atoms with Crippen LogP contribution in [-0.2, 0) is 9.47 Å². The van der Waals surface area contributed by atoms with Gasteiger partial charge in [-0.2, -0.15) is 4.98 Å². The lowest BCUT2D eigenvalue weighted by molar-refractivity contribution is 0.153. The summed E-state index contributed by atoms with van der Waals surface area (Å²) < 4.78 is 11.3. The predicted molar refractivity (Wildman–Crippen MR) is 109 cm³/mol. The van der Waals surface area contributed by atoms with Gasteiger partial charge < -0.3 is 25.0 Å². The first-order chi connectivity index (χ1) is 12.9. The molecule has 8 nitrogen and oxygen atoms in total. The summed E-state index contributed by atoms with van der Waals surface area (Å²) in [6.45, 7) is 10.1. The van der Waals surface area contributed by atoms with Gasteiger partial charge in [0.1, 0.15) is 5.82 Å².